The van der Waals surface area contributed by atoms with E-state index < -0.39 is 0 Å². The van der Waals surface area contributed by atoms with E-state index in [-0.39, 0.29) is 29.9 Å². The lowest BCUT2D eigenvalue weighted by molar-refractivity contribution is 0.0957. The highest BCUT2D eigenvalue weighted by atomic mass is 127. The zero-order chi connectivity index (χ0) is 14.4. The predicted molar refractivity (Wildman–Crippen MR) is 98.8 cm³/mol. The number of nitrogens with zero attached hydrogens (tertiary/aromatic N) is 1. The molecule has 0 spiro atoms. The van der Waals surface area contributed by atoms with Crippen LogP contribution < -0.4 is 16.0 Å². The summed E-state index contributed by atoms with van der Waals surface area (Å²) in [4.78, 5) is 16.6. The number of thiophene rings is 1. The van der Waals surface area contributed by atoms with Crippen molar-refractivity contribution in [2.45, 2.75) is 25.8 Å². The van der Waals surface area contributed by atoms with E-state index in [1.165, 1.54) is 17.8 Å². The third-order valence-electron chi connectivity index (χ3n) is 3.33. The summed E-state index contributed by atoms with van der Waals surface area (Å²) < 4.78 is 0. The molecule has 118 valence electrons. The van der Waals surface area contributed by atoms with Gasteiger partial charge in [-0.25, -0.2) is 0 Å². The van der Waals surface area contributed by atoms with Crippen LogP contribution in [0.1, 0.15) is 29.4 Å². The Labute approximate surface area is 147 Å². The Kier molecular flexibility index (Phi) is 8.02. The van der Waals surface area contributed by atoms with Gasteiger partial charge >= 0.3 is 0 Å². The van der Waals surface area contributed by atoms with E-state index in [0.29, 0.717) is 12.6 Å². The summed E-state index contributed by atoms with van der Waals surface area (Å²) in [6.45, 7) is 3.69. The van der Waals surface area contributed by atoms with Crippen LogP contribution >= 0.6 is 35.3 Å². The minimum atomic E-state index is 0. The molecule has 1 fully saturated rings. The Morgan fingerprint density at radius 3 is 2.71 bits per heavy atom. The van der Waals surface area contributed by atoms with E-state index in [9.17, 15) is 4.79 Å². The molecule has 7 heteroatoms. The van der Waals surface area contributed by atoms with E-state index in [2.05, 4.69) is 27.9 Å². The molecule has 0 saturated heterocycles. The Balaban J connectivity index is 0.00000220. The first-order chi connectivity index (χ1) is 9.70. The third-order valence-corrected chi connectivity index (χ3v) is 4.20. The standard InChI is InChI=1S/C14H22N4OS.HI/c1-10-9-11(10)18-14(15-2)17-7-4-6-16-13(19)12-5-3-8-20-12;/h3,5,8,10-11H,4,6-7,9H2,1-2H3,(H,16,19)(H2,15,17,18);1H. The lowest BCUT2D eigenvalue weighted by Crippen LogP contribution is -2.40. The number of carbonyl (C=O) groups is 1. The van der Waals surface area contributed by atoms with Crippen molar-refractivity contribution in [3.8, 4) is 0 Å². The molecule has 2 unspecified atom stereocenters. The van der Waals surface area contributed by atoms with Crippen molar-refractivity contribution in [1.29, 1.82) is 0 Å². The van der Waals surface area contributed by atoms with Crippen LogP contribution in [-0.2, 0) is 0 Å². The number of aliphatic imine (C=N–C) groups is 1. The SMILES string of the molecule is CN=C(NCCCNC(=O)c1cccs1)NC1CC1C.I. The predicted octanol–water partition coefficient (Wildman–Crippen LogP) is 2.06. The molecule has 3 N–H and O–H groups in total. The molecule has 0 aliphatic heterocycles. The molecular formula is C14H23IN4OS. The number of hydrogen-bond acceptors (Lipinski definition) is 3. The van der Waals surface area contributed by atoms with Crippen LogP contribution in [0.4, 0.5) is 0 Å². The first-order valence-corrected chi connectivity index (χ1v) is 7.87. The molecule has 0 bridgehead atoms. The molecule has 1 aliphatic rings. The summed E-state index contributed by atoms with van der Waals surface area (Å²) >= 11 is 1.46. The van der Waals surface area contributed by atoms with Crippen LogP contribution in [0, 0.1) is 5.92 Å². The van der Waals surface area contributed by atoms with E-state index in [1.54, 1.807) is 7.05 Å². The number of rotatable bonds is 6. The topological polar surface area (TPSA) is 65.5 Å². The number of guanidine groups is 1. The van der Waals surface area contributed by atoms with Crippen molar-refractivity contribution in [3.63, 3.8) is 0 Å². The van der Waals surface area contributed by atoms with Gasteiger partial charge in [0.2, 0.25) is 0 Å². The van der Waals surface area contributed by atoms with Crippen LogP contribution in [0.5, 0.6) is 0 Å². The molecular weight excluding hydrogens is 399 g/mol. The molecule has 5 nitrogen and oxygen atoms in total. The van der Waals surface area contributed by atoms with Crippen molar-refractivity contribution < 1.29 is 4.79 Å². The molecule has 21 heavy (non-hydrogen) atoms. The van der Waals surface area contributed by atoms with E-state index >= 15 is 0 Å². The maximum atomic E-state index is 11.7. The van der Waals surface area contributed by atoms with Gasteiger partial charge in [-0.3, -0.25) is 9.79 Å². The summed E-state index contributed by atoms with van der Waals surface area (Å²) in [5.74, 6) is 1.61. The quantitative estimate of drug-likeness (QED) is 0.285. The van der Waals surface area contributed by atoms with Crippen LogP contribution in [0.3, 0.4) is 0 Å². The highest BCUT2D eigenvalue weighted by Crippen LogP contribution is 2.28. The minimum absolute atomic E-state index is 0. The molecule has 0 radical (unpaired) electrons. The highest BCUT2D eigenvalue weighted by Gasteiger charge is 2.33. The van der Waals surface area contributed by atoms with Gasteiger partial charge in [0.05, 0.1) is 4.88 Å². The zero-order valence-corrected chi connectivity index (χ0v) is 15.5. The van der Waals surface area contributed by atoms with E-state index in [1.807, 2.05) is 17.5 Å². The molecule has 1 aromatic rings. The smallest absolute Gasteiger partial charge is 0.261 e. The fraction of sp³-hybridized carbons (Fsp3) is 0.571. The van der Waals surface area contributed by atoms with E-state index in [4.69, 9.17) is 0 Å². The van der Waals surface area contributed by atoms with Gasteiger partial charge in [0.25, 0.3) is 5.91 Å². The maximum absolute atomic E-state index is 11.7. The van der Waals surface area contributed by atoms with Gasteiger partial charge in [-0.1, -0.05) is 13.0 Å². The molecule has 1 amide bonds. The summed E-state index contributed by atoms with van der Waals surface area (Å²) in [5.41, 5.74) is 0. The van der Waals surface area contributed by atoms with Crippen molar-refractivity contribution in [2.75, 3.05) is 20.1 Å². The number of nitrogens with one attached hydrogen (secondary N) is 3. The average molecular weight is 422 g/mol. The largest absolute Gasteiger partial charge is 0.356 e. The summed E-state index contributed by atoms with van der Waals surface area (Å²) in [5, 5.41) is 11.4. The second-order valence-electron chi connectivity index (χ2n) is 5.05. The maximum Gasteiger partial charge on any atom is 0.261 e. The second kappa shape index (κ2) is 9.24. The van der Waals surface area contributed by atoms with Gasteiger partial charge in [0.15, 0.2) is 5.96 Å². The molecule has 2 rings (SSSR count). The summed E-state index contributed by atoms with van der Waals surface area (Å²) in [6.07, 6.45) is 2.09. The lowest BCUT2D eigenvalue weighted by Gasteiger charge is -2.11. The zero-order valence-electron chi connectivity index (χ0n) is 12.4. The molecule has 1 heterocycles. The summed E-state index contributed by atoms with van der Waals surface area (Å²) in [7, 11) is 1.78. The first-order valence-electron chi connectivity index (χ1n) is 6.99. The van der Waals surface area contributed by atoms with Gasteiger partial charge in [-0.05, 0) is 30.2 Å². The van der Waals surface area contributed by atoms with Crippen LogP contribution in [-0.4, -0.2) is 38.0 Å². The normalized spacial score (nSPS) is 20.4. The molecule has 1 saturated carbocycles. The Bertz CT molecular complexity index is 464. The van der Waals surface area contributed by atoms with Gasteiger partial charge < -0.3 is 16.0 Å². The molecule has 1 aromatic heterocycles. The monoisotopic (exact) mass is 422 g/mol. The summed E-state index contributed by atoms with van der Waals surface area (Å²) in [6, 6.07) is 4.29. The first kappa shape index (κ1) is 18.2. The molecule has 2 atom stereocenters. The average Bonchev–Trinajstić information content (AvgIpc) is 2.95. The van der Waals surface area contributed by atoms with Crippen molar-refractivity contribution in [1.82, 2.24) is 16.0 Å². The van der Waals surface area contributed by atoms with Crippen molar-refractivity contribution >= 4 is 47.2 Å². The van der Waals surface area contributed by atoms with Crippen LogP contribution in [0.2, 0.25) is 0 Å². The van der Waals surface area contributed by atoms with Gasteiger partial charge in [0.1, 0.15) is 0 Å². The fourth-order valence-corrected chi connectivity index (χ4v) is 2.53. The lowest BCUT2D eigenvalue weighted by atomic mass is 10.4. The highest BCUT2D eigenvalue weighted by molar-refractivity contribution is 14.0. The van der Waals surface area contributed by atoms with Crippen LogP contribution in [0.25, 0.3) is 0 Å². The van der Waals surface area contributed by atoms with Crippen LogP contribution in [0.15, 0.2) is 22.5 Å². The number of amides is 1. The number of hydrogen-bond donors (Lipinski definition) is 3. The van der Waals surface area contributed by atoms with Gasteiger partial charge in [-0.2, -0.15) is 0 Å². The fourth-order valence-electron chi connectivity index (χ4n) is 1.89. The van der Waals surface area contributed by atoms with Gasteiger partial charge in [0, 0.05) is 26.2 Å². The molecule has 1 aliphatic carbocycles. The second-order valence-corrected chi connectivity index (χ2v) is 6.00. The van der Waals surface area contributed by atoms with Crippen molar-refractivity contribution in [2.24, 2.45) is 10.9 Å². The van der Waals surface area contributed by atoms with E-state index in [0.717, 1.165) is 29.7 Å². The Morgan fingerprint density at radius 1 is 1.43 bits per heavy atom. The number of carbonyl (C=O) groups excluding carboxylic acids is 1. The Morgan fingerprint density at radius 2 is 2.14 bits per heavy atom. The minimum Gasteiger partial charge on any atom is -0.356 e. The molecule has 0 aromatic carbocycles. The Hall–Kier alpha value is -0.830. The number of halogens is 1. The van der Waals surface area contributed by atoms with Gasteiger partial charge in [-0.15, -0.1) is 35.3 Å². The van der Waals surface area contributed by atoms with Crippen molar-refractivity contribution in [3.05, 3.63) is 22.4 Å². The third kappa shape index (κ3) is 6.21.